The highest BCUT2D eigenvalue weighted by atomic mass is 16.5. The molecule has 146 valence electrons. The van der Waals surface area contributed by atoms with Crippen LogP contribution >= 0.6 is 0 Å². The van der Waals surface area contributed by atoms with Crippen LogP contribution in [-0.4, -0.2) is 22.4 Å². The Bertz CT molecular complexity index is 1110. The van der Waals surface area contributed by atoms with Crippen molar-refractivity contribution in [2.24, 2.45) is 0 Å². The first-order valence-electron chi connectivity index (χ1n) is 9.93. The summed E-state index contributed by atoms with van der Waals surface area (Å²) in [6, 6.07) is 23.6. The predicted octanol–water partition coefficient (Wildman–Crippen LogP) is 5.54. The molecule has 0 saturated carbocycles. The van der Waals surface area contributed by atoms with Gasteiger partial charge in [0.1, 0.15) is 11.6 Å². The van der Waals surface area contributed by atoms with Crippen LogP contribution in [0.15, 0.2) is 72.8 Å². The van der Waals surface area contributed by atoms with Crippen LogP contribution in [0.2, 0.25) is 0 Å². The van der Waals surface area contributed by atoms with Gasteiger partial charge in [-0.15, -0.1) is 0 Å². The van der Waals surface area contributed by atoms with E-state index < -0.39 is 0 Å². The maximum atomic E-state index is 12.5. The molecule has 4 aromatic rings. The molecule has 0 amide bonds. The summed E-state index contributed by atoms with van der Waals surface area (Å²) < 4.78 is 5.57. The molecule has 3 aromatic carbocycles. The fourth-order valence-corrected chi connectivity index (χ4v) is 3.47. The van der Waals surface area contributed by atoms with E-state index >= 15 is 0 Å². The smallest absolute Gasteiger partial charge is 0.167 e. The van der Waals surface area contributed by atoms with Crippen molar-refractivity contribution in [1.29, 1.82) is 0 Å². The molecule has 29 heavy (non-hydrogen) atoms. The van der Waals surface area contributed by atoms with Gasteiger partial charge < -0.3 is 9.72 Å². The van der Waals surface area contributed by atoms with Crippen LogP contribution in [0.4, 0.5) is 0 Å². The highest BCUT2D eigenvalue weighted by Crippen LogP contribution is 2.26. The van der Waals surface area contributed by atoms with E-state index in [1.807, 2.05) is 79.7 Å². The lowest BCUT2D eigenvalue weighted by Gasteiger charge is -2.10. The Hall–Kier alpha value is -3.40. The lowest BCUT2D eigenvalue weighted by Crippen LogP contribution is -2.04. The van der Waals surface area contributed by atoms with Crippen molar-refractivity contribution in [3.8, 4) is 5.75 Å². The van der Waals surface area contributed by atoms with Crippen LogP contribution in [0.3, 0.4) is 0 Å². The number of nitrogens with one attached hydrogen (secondary N) is 1. The number of H-pyrrole nitrogens is 1. The fourth-order valence-electron chi connectivity index (χ4n) is 3.47. The molecule has 4 nitrogen and oxygen atoms in total. The molecule has 0 bridgehead atoms. The zero-order valence-electron chi connectivity index (χ0n) is 16.7. The third-order valence-corrected chi connectivity index (χ3v) is 5.13. The van der Waals surface area contributed by atoms with Gasteiger partial charge in [0.05, 0.1) is 17.6 Å². The van der Waals surface area contributed by atoms with Gasteiger partial charge >= 0.3 is 0 Å². The lowest BCUT2D eigenvalue weighted by atomic mass is 9.96. The van der Waals surface area contributed by atoms with Gasteiger partial charge in [-0.05, 0) is 30.2 Å². The number of imidazole rings is 1. The van der Waals surface area contributed by atoms with E-state index in [1.165, 1.54) is 0 Å². The second-order valence-electron chi connectivity index (χ2n) is 7.16. The molecule has 4 heteroatoms. The van der Waals surface area contributed by atoms with Crippen molar-refractivity contribution < 1.29 is 9.53 Å². The summed E-state index contributed by atoms with van der Waals surface area (Å²) in [4.78, 5) is 20.7. The SMILES string of the molecule is CCOc1ccc2nc(C(C)c3ccc(C(=O)Cc4ccccc4)cc3)[nH]c2c1. The van der Waals surface area contributed by atoms with Gasteiger partial charge in [0.25, 0.3) is 0 Å². The number of rotatable bonds is 7. The van der Waals surface area contributed by atoms with E-state index in [1.54, 1.807) is 0 Å². The minimum absolute atomic E-state index is 0.0937. The van der Waals surface area contributed by atoms with Gasteiger partial charge in [0.2, 0.25) is 0 Å². The number of ether oxygens (including phenoxy) is 1. The summed E-state index contributed by atoms with van der Waals surface area (Å²) in [6.07, 6.45) is 0.418. The summed E-state index contributed by atoms with van der Waals surface area (Å²) in [5.41, 5.74) is 4.77. The van der Waals surface area contributed by atoms with Crippen LogP contribution in [0.25, 0.3) is 11.0 Å². The summed E-state index contributed by atoms with van der Waals surface area (Å²) in [7, 11) is 0. The Labute approximate surface area is 170 Å². The number of Topliss-reactive ketones (excluding diaryl/α,β-unsaturated/α-hetero) is 1. The number of fused-ring (bicyclic) bond motifs is 1. The Morgan fingerprint density at radius 3 is 2.52 bits per heavy atom. The van der Waals surface area contributed by atoms with Crippen molar-refractivity contribution in [2.45, 2.75) is 26.2 Å². The van der Waals surface area contributed by atoms with E-state index in [0.717, 1.165) is 39.3 Å². The van der Waals surface area contributed by atoms with Crippen molar-refractivity contribution in [2.75, 3.05) is 6.61 Å². The van der Waals surface area contributed by atoms with Gasteiger partial charge in [-0.3, -0.25) is 4.79 Å². The molecule has 0 aliphatic heterocycles. The Morgan fingerprint density at radius 1 is 1.03 bits per heavy atom. The van der Waals surface area contributed by atoms with Crippen molar-refractivity contribution in [3.05, 3.63) is 95.3 Å². The Kier molecular flexibility index (Phi) is 5.43. The summed E-state index contributed by atoms with van der Waals surface area (Å²) in [5, 5.41) is 0. The zero-order chi connectivity index (χ0) is 20.2. The first-order valence-corrected chi connectivity index (χ1v) is 9.93. The molecule has 1 heterocycles. The molecule has 0 radical (unpaired) electrons. The Morgan fingerprint density at radius 2 is 1.79 bits per heavy atom. The van der Waals surface area contributed by atoms with E-state index in [-0.39, 0.29) is 11.7 Å². The van der Waals surface area contributed by atoms with Crippen molar-refractivity contribution in [3.63, 3.8) is 0 Å². The monoisotopic (exact) mass is 384 g/mol. The molecule has 1 atom stereocenters. The van der Waals surface area contributed by atoms with Gasteiger partial charge in [0, 0.05) is 24.0 Å². The molecule has 0 saturated heterocycles. The topological polar surface area (TPSA) is 55.0 Å². The number of aromatic nitrogens is 2. The molecule has 1 unspecified atom stereocenters. The number of hydrogen-bond acceptors (Lipinski definition) is 3. The van der Waals surface area contributed by atoms with Crippen LogP contribution in [0, 0.1) is 0 Å². The van der Waals surface area contributed by atoms with E-state index in [0.29, 0.717) is 13.0 Å². The molecule has 0 spiro atoms. The first kappa shape index (κ1) is 18.9. The Balaban J connectivity index is 1.51. The minimum atomic E-state index is 0.0937. The van der Waals surface area contributed by atoms with Crippen LogP contribution in [0.5, 0.6) is 5.75 Å². The molecular formula is C25H24N2O2. The molecule has 0 aliphatic rings. The normalized spacial score (nSPS) is 12.1. The van der Waals surface area contributed by atoms with E-state index in [4.69, 9.17) is 9.72 Å². The molecule has 4 rings (SSSR count). The number of carbonyl (C=O) groups excluding carboxylic acids is 1. The molecule has 1 aromatic heterocycles. The van der Waals surface area contributed by atoms with Gasteiger partial charge in [0.15, 0.2) is 5.78 Å². The fraction of sp³-hybridized carbons (Fsp3) is 0.200. The first-order chi connectivity index (χ1) is 14.1. The molecular weight excluding hydrogens is 360 g/mol. The largest absolute Gasteiger partial charge is 0.494 e. The van der Waals surface area contributed by atoms with Crippen LogP contribution in [-0.2, 0) is 6.42 Å². The summed E-state index contributed by atoms with van der Waals surface area (Å²) in [6.45, 7) is 4.72. The highest BCUT2D eigenvalue weighted by Gasteiger charge is 2.15. The minimum Gasteiger partial charge on any atom is -0.494 e. The molecule has 0 fully saturated rings. The van der Waals surface area contributed by atoms with Crippen LogP contribution in [0.1, 0.15) is 47.1 Å². The van der Waals surface area contributed by atoms with Gasteiger partial charge in [-0.2, -0.15) is 0 Å². The summed E-state index contributed by atoms with van der Waals surface area (Å²) >= 11 is 0. The van der Waals surface area contributed by atoms with Crippen molar-refractivity contribution in [1.82, 2.24) is 9.97 Å². The average Bonchev–Trinajstić information content (AvgIpc) is 3.18. The van der Waals surface area contributed by atoms with E-state index in [9.17, 15) is 4.79 Å². The average molecular weight is 384 g/mol. The standard InChI is InChI=1S/C25H24N2O2/c1-3-29-21-13-14-22-23(16-21)27-25(26-22)17(2)19-9-11-20(12-10-19)24(28)15-18-7-5-4-6-8-18/h4-14,16-17H,3,15H2,1-2H3,(H,26,27). The maximum Gasteiger partial charge on any atom is 0.167 e. The quantitative estimate of drug-likeness (QED) is 0.426. The zero-order valence-corrected chi connectivity index (χ0v) is 16.7. The van der Waals surface area contributed by atoms with E-state index in [2.05, 4.69) is 11.9 Å². The maximum absolute atomic E-state index is 12.5. The third kappa shape index (κ3) is 4.21. The van der Waals surface area contributed by atoms with Crippen molar-refractivity contribution >= 4 is 16.8 Å². The number of carbonyl (C=O) groups is 1. The number of hydrogen-bond donors (Lipinski definition) is 1. The number of benzene rings is 3. The second-order valence-corrected chi connectivity index (χ2v) is 7.16. The van der Waals surface area contributed by atoms with Gasteiger partial charge in [-0.1, -0.05) is 61.5 Å². The van der Waals surface area contributed by atoms with Gasteiger partial charge in [-0.25, -0.2) is 4.98 Å². The third-order valence-electron chi connectivity index (χ3n) is 5.13. The van der Waals surface area contributed by atoms with Crippen LogP contribution < -0.4 is 4.74 Å². The summed E-state index contributed by atoms with van der Waals surface area (Å²) in [5.74, 6) is 1.96. The second kappa shape index (κ2) is 8.31. The highest BCUT2D eigenvalue weighted by molar-refractivity contribution is 5.97. The molecule has 0 aliphatic carbocycles. The molecule has 1 N–H and O–H groups in total. The predicted molar refractivity (Wildman–Crippen MR) is 116 cm³/mol. The number of nitrogens with zero attached hydrogens (tertiary/aromatic N) is 1. The lowest BCUT2D eigenvalue weighted by molar-refractivity contribution is 0.0993. The number of ketones is 1. The number of aromatic amines is 1.